The molecule has 116 valence electrons. The third-order valence-corrected chi connectivity index (χ3v) is 3.51. The van der Waals surface area contributed by atoms with E-state index in [1.165, 1.54) is 11.1 Å². The Bertz CT molecular complexity index is 486. The van der Waals surface area contributed by atoms with Crippen LogP contribution in [0.3, 0.4) is 0 Å². The lowest BCUT2D eigenvalue weighted by Gasteiger charge is -2.16. The summed E-state index contributed by atoms with van der Waals surface area (Å²) < 4.78 is 5.90. The SMILES string of the molecule is Cc1ccc(OCCCCC(C)(C)C#N)c(CC(C)N)c1. The zero-order valence-corrected chi connectivity index (χ0v) is 13.8. The van der Waals surface area contributed by atoms with Gasteiger partial charge in [0.25, 0.3) is 0 Å². The lowest BCUT2D eigenvalue weighted by atomic mass is 9.89. The van der Waals surface area contributed by atoms with Crippen LogP contribution < -0.4 is 10.5 Å². The second-order valence-corrected chi connectivity index (χ2v) is 6.59. The molecule has 0 spiro atoms. The third kappa shape index (κ3) is 6.64. The monoisotopic (exact) mass is 288 g/mol. The van der Waals surface area contributed by atoms with Gasteiger partial charge in [0.05, 0.1) is 18.1 Å². The molecule has 0 heterocycles. The maximum absolute atomic E-state index is 8.98. The molecule has 0 radical (unpaired) electrons. The van der Waals surface area contributed by atoms with Gasteiger partial charge < -0.3 is 10.5 Å². The van der Waals surface area contributed by atoms with Gasteiger partial charge >= 0.3 is 0 Å². The highest BCUT2D eigenvalue weighted by Crippen LogP contribution is 2.24. The van der Waals surface area contributed by atoms with E-state index in [4.69, 9.17) is 15.7 Å². The molecular weight excluding hydrogens is 260 g/mol. The van der Waals surface area contributed by atoms with E-state index in [9.17, 15) is 0 Å². The van der Waals surface area contributed by atoms with Gasteiger partial charge in [-0.25, -0.2) is 0 Å². The van der Waals surface area contributed by atoms with Crippen molar-refractivity contribution in [2.75, 3.05) is 6.61 Å². The number of nitriles is 1. The van der Waals surface area contributed by atoms with Crippen LogP contribution in [-0.2, 0) is 6.42 Å². The summed E-state index contributed by atoms with van der Waals surface area (Å²) in [6, 6.07) is 8.71. The van der Waals surface area contributed by atoms with Crippen molar-refractivity contribution in [1.29, 1.82) is 5.26 Å². The molecule has 0 bridgehead atoms. The van der Waals surface area contributed by atoms with Gasteiger partial charge in [-0.1, -0.05) is 17.7 Å². The van der Waals surface area contributed by atoms with E-state index in [0.717, 1.165) is 31.4 Å². The highest BCUT2D eigenvalue weighted by Gasteiger charge is 2.15. The fourth-order valence-corrected chi connectivity index (χ4v) is 2.26. The molecule has 0 aliphatic rings. The first-order chi connectivity index (χ1) is 9.84. The summed E-state index contributed by atoms with van der Waals surface area (Å²) in [6.07, 6.45) is 3.72. The van der Waals surface area contributed by atoms with E-state index in [2.05, 4.69) is 25.1 Å². The van der Waals surface area contributed by atoms with Gasteiger partial charge in [0, 0.05) is 6.04 Å². The van der Waals surface area contributed by atoms with Crippen LogP contribution in [0.1, 0.15) is 51.2 Å². The number of nitrogens with two attached hydrogens (primary N) is 1. The van der Waals surface area contributed by atoms with Crippen molar-refractivity contribution in [2.24, 2.45) is 11.1 Å². The first-order valence-electron chi connectivity index (χ1n) is 7.73. The molecule has 3 heteroatoms. The normalized spacial score (nSPS) is 12.8. The molecule has 0 aliphatic heterocycles. The van der Waals surface area contributed by atoms with Crippen molar-refractivity contribution < 1.29 is 4.74 Å². The largest absolute Gasteiger partial charge is 0.493 e. The standard InChI is InChI=1S/C18H28N2O/c1-14-7-8-17(16(11-14)12-15(2)20)21-10-6-5-9-18(3,4)13-19/h7-8,11,15H,5-6,9-10,12,20H2,1-4H3. The van der Waals surface area contributed by atoms with Crippen molar-refractivity contribution in [2.45, 2.75) is 59.4 Å². The predicted molar refractivity (Wildman–Crippen MR) is 87.3 cm³/mol. The van der Waals surface area contributed by atoms with Crippen molar-refractivity contribution in [3.63, 3.8) is 0 Å². The summed E-state index contributed by atoms with van der Waals surface area (Å²) in [7, 11) is 0. The number of hydrogen-bond donors (Lipinski definition) is 1. The third-order valence-electron chi connectivity index (χ3n) is 3.51. The number of aryl methyl sites for hydroxylation is 1. The zero-order valence-electron chi connectivity index (χ0n) is 13.8. The molecule has 1 aromatic carbocycles. The number of rotatable bonds is 8. The Morgan fingerprint density at radius 1 is 1.33 bits per heavy atom. The van der Waals surface area contributed by atoms with Crippen LogP contribution in [0.15, 0.2) is 18.2 Å². The molecule has 0 fully saturated rings. The molecule has 2 N–H and O–H groups in total. The van der Waals surface area contributed by atoms with Gasteiger partial charge in [-0.15, -0.1) is 0 Å². The Morgan fingerprint density at radius 2 is 2.05 bits per heavy atom. The Morgan fingerprint density at radius 3 is 2.67 bits per heavy atom. The lowest BCUT2D eigenvalue weighted by molar-refractivity contribution is 0.292. The minimum absolute atomic E-state index is 0.130. The molecule has 0 aliphatic carbocycles. The van der Waals surface area contributed by atoms with Crippen molar-refractivity contribution >= 4 is 0 Å². The lowest BCUT2D eigenvalue weighted by Crippen LogP contribution is -2.18. The molecule has 0 saturated heterocycles. The Balaban J connectivity index is 2.47. The van der Waals surface area contributed by atoms with Gasteiger partial charge in [0.1, 0.15) is 5.75 Å². The van der Waals surface area contributed by atoms with Crippen molar-refractivity contribution in [1.82, 2.24) is 0 Å². The smallest absolute Gasteiger partial charge is 0.122 e. The second kappa shape index (κ2) is 8.05. The van der Waals surface area contributed by atoms with E-state index < -0.39 is 0 Å². The Kier molecular flexibility index (Phi) is 6.71. The van der Waals surface area contributed by atoms with Crippen molar-refractivity contribution in [3.05, 3.63) is 29.3 Å². The topological polar surface area (TPSA) is 59.0 Å². The van der Waals surface area contributed by atoms with E-state index in [0.29, 0.717) is 6.61 Å². The number of unbranched alkanes of at least 4 members (excludes halogenated alkanes) is 1. The number of hydrogen-bond acceptors (Lipinski definition) is 3. The molecular formula is C18H28N2O. The quantitative estimate of drug-likeness (QED) is 0.736. The van der Waals surface area contributed by atoms with E-state index in [1.54, 1.807) is 0 Å². The van der Waals surface area contributed by atoms with Crippen LogP contribution in [0.5, 0.6) is 5.75 Å². The van der Waals surface area contributed by atoms with Crippen LogP contribution in [0.4, 0.5) is 0 Å². The van der Waals surface area contributed by atoms with Crippen molar-refractivity contribution in [3.8, 4) is 11.8 Å². The summed E-state index contributed by atoms with van der Waals surface area (Å²) >= 11 is 0. The Hall–Kier alpha value is -1.53. The van der Waals surface area contributed by atoms with Crippen LogP contribution >= 0.6 is 0 Å². The molecule has 21 heavy (non-hydrogen) atoms. The fraction of sp³-hybridized carbons (Fsp3) is 0.611. The average molecular weight is 288 g/mol. The average Bonchev–Trinajstić information content (AvgIpc) is 2.40. The van der Waals surface area contributed by atoms with Crippen LogP contribution in [0.25, 0.3) is 0 Å². The molecule has 0 aromatic heterocycles. The summed E-state index contributed by atoms with van der Waals surface area (Å²) in [5, 5.41) is 8.98. The summed E-state index contributed by atoms with van der Waals surface area (Å²) in [5.41, 5.74) is 8.08. The fourth-order valence-electron chi connectivity index (χ4n) is 2.26. The maximum atomic E-state index is 8.98. The summed E-state index contributed by atoms with van der Waals surface area (Å²) in [6.45, 7) is 8.74. The molecule has 1 unspecified atom stereocenters. The minimum Gasteiger partial charge on any atom is -0.493 e. The summed E-state index contributed by atoms with van der Waals surface area (Å²) in [4.78, 5) is 0. The predicted octanol–water partition coefficient (Wildman–Crippen LogP) is 3.98. The zero-order chi connectivity index (χ0) is 15.9. The van der Waals surface area contributed by atoms with Crippen LogP contribution in [0.2, 0.25) is 0 Å². The van der Waals surface area contributed by atoms with E-state index in [-0.39, 0.29) is 11.5 Å². The van der Waals surface area contributed by atoms with E-state index >= 15 is 0 Å². The molecule has 0 amide bonds. The molecule has 1 rings (SSSR count). The number of benzene rings is 1. The highest BCUT2D eigenvalue weighted by atomic mass is 16.5. The van der Waals surface area contributed by atoms with Gasteiger partial charge in [-0.2, -0.15) is 5.26 Å². The van der Waals surface area contributed by atoms with Crippen LogP contribution in [0, 0.1) is 23.7 Å². The molecule has 1 aromatic rings. The first kappa shape index (κ1) is 17.5. The van der Waals surface area contributed by atoms with Gasteiger partial charge in [0.15, 0.2) is 0 Å². The van der Waals surface area contributed by atoms with E-state index in [1.807, 2.05) is 26.8 Å². The molecule has 3 nitrogen and oxygen atoms in total. The van der Waals surface area contributed by atoms with Gasteiger partial charge in [0.2, 0.25) is 0 Å². The molecule has 0 saturated carbocycles. The first-order valence-corrected chi connectivity index (χ1v) is 7.73. The highest BCUT2D eigenvalue weighted by molar-refractivity contribution is 5.37. The second-order valence-electron chi connectivity index (χ2n) is 6.59. The number of nitrogens with zero attached hydrogens (tertiary/aromatic N) is 1. The van der Waals surface area contributed by atoms with Crippen LogP contribution in [-0.4, -0.2) is 12.6 Å². The van der Waals surface area contributed by atoms with Gasteiger partial charge in [-0.3, -0.25) is 0 Å². The van der Waals surface area contributed by atoms with Gasteiger partial charge in [-0.05, 0) is 65.0 Å². The molecule has 1 atom stereocenters. The summed E-state index contributed by atoms with van der Waals surface area (Å²) in [5.74, 6) is 0.942. The minimum atomic E-state index is -0.232. The Labute approximate surface area is 129 Å². The number of ether oxygens (including phenoxy) is 1. The maximum Gasteiger partial charge on any atom is 0.122 e.